The third-order valence-electron chi connectivity index (χ3n) is 4.30. The first-order valence-electron chi connectivity index (χ1n) is 8.21. The van der Waals surface area contributed by atoms with Crippen LogP contribution in [-0.4, -0.2) is 46.9 Å². The van der Waals surface area contributed by atoms with Crippen molar-refractivity contribution in [2.75, 3.05) is 19.6 Å². The van der Waals surface area contributed by atoms with Crippen molar-refractivity contribution >= 4 is 0 Å². The van der Waals surface area contributed by atoms with Crippen molar-refractivity contribution < 1.29 is 17.7 Å². The predicted molar refractivity (Wildman–Crippen MR) is 79.8 cm³/mol. The molecule has 8 heteroatoms. The van der Waals surface area contributed by atoms with E-state index in [1.807, 2.05) is 0 Å². The van der Waals surface area contributed by atoms with E-state index < -0.39 is 12.7 Å². The lowest BCUT2D eigenvalue weighted by molar-refractivity contribution is -0.148. The monoisotopic (exact) mass is 334 g/mol. The predicted octanol–water partition coefficient (Wildman–Crippen LogP) is 2.77. The van der Waals surface area contributed by atoms with Gasteiger partial charge in [-0.3, -0.25) is 4.90 Å². The number of hydrogen-bond donors (Lipinski definition) is 1. The lowest BCUT2D eigenvalue weighted by Crippen LogP contribution is -2.44. The van der Waals surface area contributed by atoms with E-state index in [1.54, 1.807) is 0 Å². The molecule has 2 heterocycles. The number of likely N-dealkylation sites (tertiary alicyclic amines) is 1. The second kappa shape index (κ2) is 8.10. The molecule has 0 bridgehead atoms. The van der Waals surface area contributed by atoms with E-state index in [1.165, 1.54) is 4.90 Å². The molecule has 1 N–H and O–H groups in total. The first-order valence-corrected chi connectivity index (χ1v) is 8.21. The van der Waals surface area contributed by atoms with Gasteiger partial charge in [0.2, 0.25) is 5.89 Å². The standard InChI is InChI=1S/C15H25F3N4O/c1-3-4-13-20-14(23-21-13)9-19-11(2)12-5-7-22(8-6-12)10-15(16,17)18/h11-12,19H,3-10H2,1-2H3. The van der Waals surface area contributed by atoms with Crippen LogP contribution in [0.15, 0.2) is 4.52 Å². The Morgan fingerprint density at radius 3 is 2.65 bits per heavy atom. The smallest absolute Gasteiger partial charge is 0.338 e. The molecule has 1 atom stereocenters. The van der Waals surface area contributed by atoms with Gasteiger partial charge in [-0.05, 0) is 45.2 Å². The second-order valence-electron chi connectivity index (χ2n) is 6.25. The zero-order chi connectivity index (χ0) is 16.9. The van der Waals surface area contributed by atoms with Gasteiger partial charge in [0.05, 0.1) is 13.1 Å². The summed E-state index contributed by atoms with van der Waals surface area (Å²) in [5.41, 5.74) is 0. The Morgan fingerprint density at radius 1 is 1.35 bits per heavy atom. The molecule has 1 unspecified atom stereocenters. The maximum absolute atomic E-state index is 12.4. The Hall–Kier alpha value is -1.15. The number of rotatable bonds is 7. The molecule has 1 aliphatic rings. The first kappa shape index (κ1) is 18.2. The van der Waals surface area contributed by atoms with Gasteiger partial charge in [0.1, 0.15) is 0 Å². The van der Waals surface area contributed by atoms with E-state index in [-0.39, 0.29) is 6.04 Å². The average Bonchev–Trinajstić information content (AvgIpc) is 2.92. The summed E-state index contributed by atoms with van der Waals surface area (Å²) in [6.45, 7) is 4.81. The number of aromatic nitrogens is 2. The van der Waals surface area contributed by atoms with Crippen LogP contribution in [-0.2, 0) is 13.0 Å². The zero-order valence-electron chi connectivity index (χ0n) is 13.7. The van der Waals surface area contributed by atoms with E-state index >= 15 is 0 Å². The van der Waals surface area contributed by atoms with E-state index in [0.29, 0.717) is 31.4 Å². The van der Waals surface area contributed by atoms with Crippen LogP contribution >= 0.6 is 0 Å². The molecule has 2 rings (SSSR count). The minimum absolute atomic E-state index is 0.213. The van der Waals surface area contributed by atoms with Crippen LogP contribution in [0.3, 0.4) is 0 Å². The summed E-state index contributed by atoms with van der Waals surface area (Å²) in [5, 5.41) is 7.25. The number of piperidine rings is 1. The van der Waals surface area contributed by atoms with Crippen LogP contribution in [0, 0.1) is 5.92 Å². The number of alkyl halides is 3. The molecule has 1 aromatic heterocycles. The fourth-order valence-electron chi connectivity index (χ4n) is 2.97. The van der Waals surface area contributed by atoms with Gasteiger partial charge in [0.15, 0.2) is 5.82 Å². The molecule has 1 saturated heterocycles. The van der Waals surface area contributed by atoms with Gasteiger partial charge < -0.3 is 9.84 Å². The Morgan fingerprint density at radius 2 is 2.04 bits per heavy atom. The highest BCUT2D eigenvalue weighted by atomic mass is 19.4. The van der Waals surface area contributed by atoms with Gasteiger partial charge in [-0.25, -0.2) is 0 Å². The summed E-state index contributed by atoms with van der Waals surface area (Å²) in [6.07, 6.45) is -0.786. The fraction of sp³-hybridized carbons (Fsp3) is 0.867. The number of nitrogens with zero attached hydrogens (tertiary/aromatic N) is 3. The SMILES string of the molecule is CCCc1noc(CNC(C)C2CCN(CC(F)(F)F)CC2)n1. The van der Waals surface area contributed by atoms with Crippen LogP contribution in [0.4, 0.5) is 13.2 Å². The highest BCUT2D eigenvalue weighted by molar-refractivity contribution is 4.87. The molecule has 132 valence electrons. The summed E-state index contributed by atoms with van der Waals surface area (Å²) >= 11 is 0. The van der Waals surface area contributed by atoms with Crippen LogP contribution in [0.1, 0.15) is 44.8 Å². The highest BCUT2D eigenvalue weighted by Gasteiger charge is 2.33. The van der Waals surface area contributed by atoms with Crippen molar-refractivity contribution in [2.24, 2.45) is 5.92 Å². The van der Waals surface area contributed by atoms with Crippen LogP contribution in [0.5, 0.6) is 0 Å². The number of halogens is 3. The van der Waals surface area contributed by atoms with Gasteiger partial charge in [0.25, 0.3) is 0 Å². The van der Waals surface area contributed by atoms with E-state index in [2.05, 4.69) is 29.3 Å². The molecule has 1 aromatic rings. The first-order chi connectivity index (χ1) is 10.9. The maximum atomic E-state index is 12.4. The lowest BCUT2D eigenvalue weighted by Gasteiger charge is -2.35. The molecule has 23 heavy (non-hydrogen) atoms. The van der Waals surface area contributed by atoms with Gasteiger partial charge in [0, 0.05) is 12.5 Å². The summed E-state index contributed by atoms with van der Waals surface area (Å²) in [6, 6.07) is 0.213. The molecule has 0 amide bonds. The fourth-order valence-corrected chi connectivity index (χ4v) is 2.97. The highest BCUT2D eigenvalue weighted by Crippen LogP contribution is 2.24. The second-order valence-corrected chi connectivity index (χ2v) is 6.25. The van der Waals surface area contributed by atoms with Crippen LogP contribution < -0.4 is 5.32 Å². The van der Waals surface area contributed by atoms with E-state index in [4.69, 9.17) is 4.52 Å². The van der Waals surface area contributed by atoms with Gasteiger partial charge in [-0.1, -0.05) is 12.1 Å². The molecule has 5 nitrogen and oxygen atoms in total. The minimum Gasteiger partial charge on any atom is -0.338 e. The summed E-state index contributed by atoms with van der Waals surface area (Å²) in [4.78, 5) is 5.78. The van der Waals surface area contributed by atoms with Crippen LogP contribution in [0.2, 0.25) is 0 Å². The molecule has 1 aliphatic heterocycles. The Kier molecular flexibility index (Phi) is 6.41. The minimum atomic E-state index is -4.11. The van der Waals surface area contributed by atoms with Crippen molar-refractivity contribution in [1.29, 1.82) is 0 Å². The molecule has 0 aromatic carbocycles. The molecule has 0 radical (unpaired) electrons. The van der Waals surface area contributed by atoms with Gasteiger partial charge in [-0.2, -0.15) is 18.2 Å². The summed E-state index contributed by atoms with van der Waals surface area (Å²) in [7, 11) is 0. The Labute approximate surface area is 134 Å². The number of nitrogens with one attached hydrogen (secondary N) is 1. The Balaban J connectivity index is 1.71. The van der Waals surface area contributed by atoms with E-state index in [9.17, 15) is 13.2 Å². The summed E-state index contributed by atoms with van der Waals surface area (Å²) < 4.78 is 42.3. The average molecular weight is 334 g/mol. The van der Waals surface area contributed by atoms with Gasteiger partial charge in [-0.15, -0.1) is 0 Å². The topological polar surface area (TPSA) is 54.2 Å². The molecule has 0 spiro atoms. The lowest BCUT2D eigenvalue weighted by atomic mass is 9.90. The normalized spacial score (nSPS) is 19.2. The zero-order valence-corrected chi connectivity index (χ0v) is 13.7. The number of hydrogen-bond acceptors (Lipinski definition) is 5. The van der Waals surface area contributed by atoms with Crippen molar-refractivity contribution in [3.63, 3.8) is 0 Å². The quantitative estimate of drug-likeness (QED) is 0.831. The number of aryl methyl sites for hydroxylation is 1. The van der Waals surface area contributed by atoms with Crippen molar-refractivity contribution in [3.8, 4) is 0 Å². The molecular weight excluding hydrogens is 309 g/mol. The van der Waals surface area contributed by atoms with E-state index in [0.717, 1.165) is 31.5 Å². The summed E-state index contributed by atoms with van der Waals surface area (Å²) in [5.74, 6) is 1.66. The third-order valence-corrected chi connectivity index (χ3v) is 4.30. The molecule has 0 aliphatic carbocycles. The Bertz CT molecular complexity index is 470. The van der Waals surface area contributed by atoms with Crippen molar-refractivity contribution in [1.82, 2.24) is 20.4 Å². The molecule has 1 fully saturated rings. The van der Waals surface area contributed by atoms with Gasteiger partial charge >= 0.3 is 6.18 Å². The maximum Gasteiger partial charge on any atom is 0.401 e. The molecular formula is C15H25F3N4O. The third kappa shape index (κ3) is 6.10. The van der Waals surface area contributed by atoms with Crippen molar-refractivity contribution in [3.05, 3.63) is 11.7 Å². The van der Waals surface area contributed by atoms with Crippen molar-refractivity contribution in [2.45, 2.75) is 58.3 Å². The largest absolute Gasteiger partial charge is 0.401 e. The van der Waals surface area contributed by atoms with Crippen LogP contribution in [0.25, 0.3) is 0 Å². The molecule has 0 saturated carbocycles.